The second-order valence-electron chi connectivity index (χ2n) is 5.77. The Morgan fingerprint density at radius 1 is 0.889 bits per heavy atom. The largest absolute Gasteiger partial charge is 0.493 e. The van der Waals surface area contributed by atoms with Gasteiger partial charge in [-0.1, -0.05) is 5.21 Å². The number of nitrogens with zero attached hydrogens (tertiary/aromatic N) is 3. The summed E-state index contributed by atoms with van der Waals surface area (Å²) in [5.74, 6) is 3.03. The fourth-order valence-corrected chi connectivity index (χ4v) is 3.01. The zero-order valence-electron chi connectivity index (χ0n) is 15.3. The molecule has 1 aliphatic heterocycles. The van der Waals surface area contributed by atoms with Gasteiger partial charge >= 0.3 is 0 Å². The number of hydrogen-bond acceptors (Lipinski definition) is 7. The Hall–Kier alpha value is -3.42. The molecule has 0 fully saturated rings. The van der Waals surface area contributed by atoms with Crippen molar-refractivity contribution < 1.29 is 23.7 Å². The van der Waals surface area contributed by atoms with Gasteiger partial charge in [-0.3, -0.25) is 0 Å². The number of aromatic nitrogens is 3. The second kappa shape index (κ2) is 7.06. The van der Waals surface area contributed by atoms with E-state index >= 15 is 0 Å². The van der Waals surface area contributed by atoms with E-state index in [0.717, 1.165) is 22.7 Å². The van der Waals surface area contributed by atoms with Crippen molar-refractivity contribution in [1.82, 2.24) is 15.0 Å². The highest BCUT2D eigenvalue weighted by molar-refractivity contribution is 5.67. The monoisotopic (exact) mass is 369 g/mol. The van der Waals surface area contributed by atoms with Crippen molar-refractivity contribution in [1.29, 1.82) is 0 Å². The third kappa shape index (κ3) is 2.99. The van der Waals surface area contributed by atoms with Crippen LogP contribution in [0.1, 0.15) is 0 Å². The number of ether oxygens (including phenoxy) is 5. The molecule has 140 valence electrons. The molecule has 0 spiro atoms. The van der Waals surface area contributed by atoms with Gasteiger partial charge in [0.15, 0.2) is 23.0 Å². The third-order valence-electron chi connectivity index (χ3n) is 4.28. The van der Waals surface area contributed by atoms with Crippen molar-refractivity contribution >= 4 is 0 Å². The number of fused-ring (bicyclic) bond motifs is 1. The Morgan fingerprint density at radius 3 is 2.26 bits per heavy atom. The molecule has 8 nitrogen and oxygen atoms in total. The molecule has 0 aliphatic carbocycles. The number of benzene rings is 2. The van der Waals surface area contributed by atoms with Crippen molar-refractivity contribution in [2.75, 3.05) is 34.5 Å². The minimum absolute atomic E-state index is 0.518. The minimum Gasteiger partial charge on any atom is -0.493 e. The van der Waals surface area contributed by atoms with Gasteiger partial charge in [-0.05, 0) is 18.2 Å². The lowest BCUT2D eigenvalue weighted by molar-refractivity contribution is 0.171. The molecule has 8 heteroatoms. The SMILES string of the molecule is COc1cc(-n2nncc2-c2ccc3c(c2)OCCO3)cc(OC)c1OC. The number of methoxy groups -OCH3 is 3. The van der Waals surface area contributed by atoms with Crippen molar-refractivity contribution in [3.05, 3.63) is 36.5 Å². The summed E-state index contributed by atoms with van der Waals surface area (Å²) in [6.07, 6.45) is 1.69. The maximum absolute atomic E-state index is 5.68. The van der Waals surface area contributed by atoms with Crippen molar-refractivity contribution in [2.45, 2.75) is 0 Å². The van der Waals surface area contributed by atoms with Gasteiger partial charge in [-0.15, -0.1) is 5.10 Å². The van der Waals surface area contributed by atoms with Crippen molar-refractivity contribution in [3.8, 4) is 45.7 Å². The molecule has 3 aromatic rings. The van der Waals surface area contributed by atoms with Gasteiger partial charge in [0, 0.05) is 17.7 Å². The number of hydrogen-bond donors (Lipinski definition) is 0. The predicted octanol–water partition coefficient (Wildman–Crippen LogP) is 2.73. The molecule has 0 atom stereocenters. The quantitative estimate of drug-likeness (QED) is 0.684. The molecule has 0 N–H and O–H groups in total. The summed E-state index contributed by atoms with van der Waals surface area (Å²) >= 11 is 0. The molecule has 0 saturated heterocycles. The van der Waals surface area contributed by atoms with E-state index in [0.29, 0.717) is 36.2 Å². The standard InChI is InChI=1S/C19H19N3O5/c1-23-17-9-13(10-18(24-2)19(17)25-3)22-14(11-20-21-22)12-4-5-15-16(8-12)27-7-6-26-15/h4-5,8-11H,6-7H2,1-3H3. The first kappa shape index (κ1) is 17.0. The lowest BCUT2D eigenvalue weighted by Crippen LogP contribution is -2.15. The lowest BCUT2D eigenvalue weighted by atomic mass is 10.1. The topological polar surface area (TPSA) is 76.9 Å². The molecule has 2 aromatic carbocycles. The Labute approximate surface area is 156 Å². The van der Waals surface area contributed by atoms with Crippen LogP contribution in [0.15, 0.2) is 36.5 Å². The summed E-state index contributed by atoms with van der Waals surface area (Å²) in [6.45, 7) is 1.08. The normalized spacial score (nSPS) is 12.6. The van der Waals surface area contributed by atoms with Gasteiger partial charge < -0.3 is 23.7 Å². The zero-order chi connectivity index (χ0) is 18.8. The molecular formula is C19H19N3O5. The lowest BCUT2D eigenvalue weighted by Gasteiger charge is -2.19. The van der Waals surface area contributed by atoms with Crippen LogP contribution in [0.2, 0.25) is 0 Å². The van der Waals surface area contributed by atoms with Crippen LogP contribution in [-0.2, 0) is 0 Å². The molecule has 0 bridgehead atoms. The van der Waals surface area contributed by atoms with Gasteiger partial charge in [0.25, 0.3) is 0 Å². The molecule has 4 rings (SSSR count). The Balaban J connectivity index is 1.81. The molecule has 0 saturated carbocycles. The van der Waals surface area contributed by atoms with Crippen LogP contribution in [0.4, 0.5) is 0 Å². The highest BCUT2D eigenvalue weighted by Crippen LogP contribution is 2.40. The molecule has 0 amide bonds. The van der Waals surface area contributed by atoms with Crippen molar-refractivity contribution in [3.63, 3.8) is 0 Å². The van der Waals surface area contributed by atoms with Crippen molar-refractivity contribution in [2.24, 2.45) is 0 Å². The summed E-state index contributed by atoms with van der Waals surface area (Å²) in [5.41, 5.74) is 2.42. The van der Waals surface area contributed by atoms with E-state index < -0.39 is 0 Å². The second-order valence-corrected chi connectivity index (χ2v) is 5.77. The van der Waals surface area contributed by atoms with Crippen LogP contribution in [0.3, 0.4) is 0 Å². The van der Waals surface area contributed by atoms with Crippen LogP contribution >= 0.6 is 0 Å². The first-order chi connectivity index (χ1) is 13.2. The minimum atomic E-state index is 0.518. The highest BCUT2D eigenvalue weighted by atomic mass is 16.6. The zero-order valence-corrected chi connectivity index (χ0v) is 15.3. The third-order valence-corrected chi connectivity index (χ3v) is 4.28. The van der Waals surface area contributed by atoms with Gasteiger partial charge in [0.05, 0.1) is 38.9 Å². The molecular weight excluding hydrogens is 350 g/mol. The van der Waals surface area contributed by atoms with Crippen LogP contribution < -0.4 is 23.7 Å². The fraction of sp³-hybridized carbons (Fsp3) is 0.263. The van der Waals surface area contributed by atoms with E-state index in [9.17, 15) is 0 Å². The molecule has 0 radical (unpaired) electrons. The first-order valence-electron chi connectivity index (χ1n) is 8.36. The Bertz CT molecular complexity index is 945. The van der Waals surface area contributed by atoms with E-state index in [2.05, 4.69) is 10.3 Å². The molecule has 27 heavy (non-hydrogen) atoms. The van der Waals surface area contributed by atoms with E-state index in [1.54, 1.807) is 32.2 Å². The van der Waals surface area contributed by atoms with Gasteiger partial charge in [0.2, 0.25) is 5.75 Å². The smallest absolute Gasteiger partial charge is 0.203 e. The Kier molecular flexibility index (Phi) is 4.45. The summed E-state index contributed by atoms with van der Waals surface area (Å²) in [5, 5.41) is 8.29. The Morgan fingerprint density at radius 2 is 1.59 bits per heavy atom. The van der Waals surface area contributed by atoms with Gasteiger partial charge in [0.1, 0.15) is 13.2 Å². The predicted molar refractivity (Wildman–Crippen MR) is 97.4 cm³/mol. The first-order valence-corrected chi connectivity index (χ1v) is 8.36. The molecule has 0 unspecified atom stereocenters. The maximum Gasteiger partial charge on any atom is 0.203 e. The summed E-state index contributed by atoms with van der Waals surface area (Å²) in [7, 11) is 4.71. The average molecular weight is 369 g/mol. The van der Waals surface area contributed by atoms with Crippen LogP contribution in [0.5, 0.6) is 28.7 Å². The summed E-state index contributed by atoms with van der Waals surface area (Å²) in [6, 6.07) is 9.38. The number of rotatable bonds is 5. The van der Waals surface area contributed by atoms with Crippen LogP contribution in [0.25, 0.3) is 16.9 Å². The van der Waals surface area contributed by atoms with E-state index in [-0.39, 0.29) is 0 Å². The van der Waals surface area contributed by atoms with E-state index in [1.807, 2.05) is 30.3 Å². The summed E-state index contributed by atoms with van der Waals surface area (Å²) < 4.78 is 29.2. The van der Waals surface area contributed by atoms with E-state index in [4.69, 9.17) is 23.7 Å². The van der Waals surface area contributed by atoms with Gasteiger partial charge in [-0.2, -0.15) is 0 Å². The fourth-order valence-electron chi connectivity index (χ4n) is 3.01. The van der Waals surface area contributed by atoms with E-state index in [1.165, 1.54) is 0 Å². The molecule has 2 heterocycles. The maximum atomic E-state index is 5.68. The van der Waals surface area contributed by atoms with Crippen LogP contribution in [0, 0.1) is 0 Å². The van der Waals surface area contributed by atoms with Crippen LogP contribution in [-0.4, -0.2) is 49.5 Å². The average Bonchev–Trinajstić information content (AvgIpc) is 3.22. The van der Waals surface area contributed by atoms with Gasteiger partial charge in [-0.25, -0.2) is 4.68 Å². The summed E-state index contributed by atoms with van der Waals surface area (Å²) in [4.78, 5) is 0. The molecule has 1 aliphatic rings. The highest BCUT2D eigenvalue weighted by Gasteiger charge is 2.19. The molecule has 1 aromatic heterocycles.